The molecule has 0 radical (unpaired) electrons. The molecule has 6 nitrogen and oxygen atoms in total. The number of nitrogens with zero attached hydrogens (tertiary/aromatic N) is 1. The zero-order chi connectivity index (χ0) is 23.6. The van der Waals surface area contributed by atoms with Crippen LogP contribution in [0.4, 0.5) is 9.18 Å². The number of carbonyl (C=O) groups is 1. The highest BCUT2D eigenvalue weighted by molar-refractivity contribution is 5.85. The zero-order valence-corrected chi connectivity index (χ0v) is 20.1. The van der Waals surface area contributed by atoms with Crippen LogP contribution in [0.2, 0.25) is 0 Å². The molecule has 3 aromatic rings. The molecule has 0 saturated carbocycles. The Kier molecular flexibility index (Phi) is 10.6. The first-order valence-electron chi connectivity index (χ1n) is 10.7. The third-order valence-corrected chi connectivity index (χ3v) is 5.11. The molecule has 1 atom stereocenters. The van der Waals surface area contributed by atoms with Crippen LogP contribution in [0.1, 0.15) is 29.7 Å². The molecule has 0 fully saturated rings. The minimum absolute atomic E-state index is 0. The van der Waals surface area contributed by atoms with Gasteiger partial charge in [-0.2, -0.15) is 0 Å². The molecule has 8 heteroatoms. The van der Waals surface area contributed by atoms with Crippen molar-refractivity contribution >= 4 is 18.5 Å². The van der Waals surface area contributed by atoms with Crippen LogP contribution >= 0.6 is 12.4 Å². The Morgan fingerprint density at radius 1 is 1.00 bits per heavy atom. The van der Waals surface area contributed by atoms with E-state index in [-0.39, 0.29) is 24.8 Å². The predicted octanol–water partition coefficient (Wildman–Crippen LogP) is 5.49. The van der Waals surface area contributed by atoms with Crippen molar-refractivity contribution in [3.05, 3.63) is 95.3 Å². The molecule has 0 saturated heterocycles. The van der Waals surface area contributed by atoms with Gasteiger partial charge in [0.1, 0.15) is 18.5 Å². The SMILES string of the molecule is COc1cc(CN(CCN)C(=O)OC(C)c2ccc(F)cc2)ccc1OCc1ccccc1.Cl. The standard InChI is InChI=1S/C26H29FN2O4.ClH/c1-19(22-9-11-23(27)12-10-22)33-26(30)29(15-14-28)17-21-8-13-24(25(16-21)31-2)32-18-20-6-4-3-5-7-20;/h3-13,16,19H,14-15,17-18,28H2,1-2H3;1H. The van der Waals surface area contributed by atoms with E-state index in [4.69, 9.17) is 19.9 Å². The summed E-state index contributed by atoms with van der Waals surface area (Å²) in [5.41, 5.74) is 8.32. The number of carbonyl (C=O) groups excluding carboxylic acids is 1. The molecule has 0 aliphatic carbocycles. The Labute approximate surface area is 205 Å². The highest BCUT2D eigenvalue weighted by atomic mass is 35.5. The number of ether oxygens (including phenoxy) is 3. The number of amides is 1. The molecule has 0 heterocycles. The van der Waals surface area contributed by atoms with Crippen LogP contribution in [0.5, 0.6) is 11.5 Å². The van der Waals surface area contributed by atoms with Crippen molar-refractivity contribution in [3.8, 4) is 11.5 Å². The fourth-order valence-corrected chi connectivity index (χ4v) is 3.30. The Bertz CT molecular complexity index is 1030. The van der Waals surface area contributed by atoms with Crippen molar-refractivity contribution in [2.45, 2.75) is 26.2 Å². The smallest absolute Gasteiger partial charge is 0.410 e. The quantitative estimate of drug-likeness (QED) is 0.408. The number of hydrogen-bond donors (Lipinski definition) is 1. The molecule has 3 rings (SSSR count). The number of nitrogens with two attached hydrogens (primary N) is 1. The Morgan fingerprint density at radius 2 is 1.71 bits per heavy atom. The molecule has 3 aromatic carbocycles. The van der Waals surface area contributed by atoms with Crippen LogP contribution < -0.4 is 15.2 Å². The van der Waals surface area contributed by atoms with E-state index in [9.17, 15) is 9.18 Å². The van der Waals surface area contributed by atoms with E-state index in [1.165, 1.54) is 17.0 Å². The summed E-state index contributed by atoms with van der Waals surface area (Å²) in [6.45, 7) is 3.07. The normalized spacial score (nSPS) is 11.2. The van der Waals surface area contributed by atoms with Gasteiger partial charge in [-0.05, 0) is 47.9 Å². The van der Waals surface area contributed by atoms with Crippen LogP contribution in [0.3, 0.4) is 0 Å². The van der Waals surface area contributed by atoms with Crippen LogP contribution in [-0.2, 0) is 17.9 Å². The molecular weight excluding hydrogens is 459 g/mol. The summed E-state index contributed by atoms with van der Waals surface area (Å²) in [6.07, 6.45) is -1.03. The first-order valence-corrected chi connectivity index (χ1v) is 10.7. The molecule has 0 bridgehead atoms. The van der Waals surface area contributed by atoms with Crippen molar-refractivity contribution in [2.24, 2.45) is 5.73 Å². The maximum absolute atomic E-state index is 13.2. The number of hydrogen-bond acceptors (Lipinski definition) is 5. The molecule has 0 aromatic heterocycles. The summed E-state index contributed by atoms with van der Waals surface area (Å²) < 4.78 is 30.1. The lowest BCUT2D eigenvalue weighted by atomic mass is 10.1. The van der Waals surface area contributed by atoms with Gasteiger partial charge in [-0.15, -0.1) is 12.4 Å². The van der Waals surface area contributed by atoms with E-state index in [1.54, 1.807) is 26.2 Å². The number of halogens is 2. The van der Waals surface area contributed by atoms with Crippen molar-refractivity contribution < 1.29 is 23.4 Å². The summed E-state index contributed by atoms with van der Waals surface area (Å²) in [7, 11) is 1.57. The van der Waals surface area contributed by atoms with Crippen LogP contribution in [-0.4, -0.2) is 31.2 Å². The second-order valence-electron chi connectivity index (χ2n) is 7.55. The summed E-state index contributed by atoms with van der Waals surface area (Å²) in [4.78, 5) is 14.3. The van der Waals surface area contributed by atoms with E-state index in [0.717, 1.165) is 11.1 Å². The number of benzene rings is 3. The minimum atomic E-state index is -0.526. The van der Waals surface area contributed by atoms with Gasteiger partial charge in [0.15, 0.2) is 11.5 Å². The van der Waals surface area contributed by atoms with Crippen molar-refractivity contribution in [2.75, 3.05) is 20.2 Å². The fourth-order valence-electron chi connectivity index (χ4n) is 3.30. The van der Waals surface area contributed by atoms with Gasteiger partial charge in [0, 0.05) is 19.6 Å². The van der Waals surface area contributed by atoms with Crippen molar-refractivity contribution in [1.29, 1.82) is 0 Å². The topological polar surface area (TPSA) is 74.0 Å². The minimum Gasteiger partial charge on any atom is -0.493 e. The molecule has 0 aliphatic heterocycles. The molecule has 182 valence electrons. The van der Waals surface area contributed by atoms with Gasteiger partial charge in [0.05, 0.1) is 7.11 Å². The van der Waals surface area contributed by atoms with Gasteiger partial charge in [0.25, 0.3) is 0 Å². The van der Waals surface area contributed by atoms with Crippen LogP contribution in [0.15, 0.2) is 72.8 Å². The highest BCUT2D eigenvalue weighted by Gasteiger charge is 2.19. The first kappa shape index (κ1) is 27.0. The fraction of sp³-hybridized carbons (Fsp3) is 0.269. The van der Waals surface area contributed by atoms with Crippen LogP contribution in [0, 0.1) is 5.82 Å². The monoisotopic (exact) mass is 488 g/mol. The molecule has 0 aliphatic rings. The lowest BCUT2D eigenvalue weighted by Gasteiger charge is -2.24. The van der Waals surface area contributed by atoms with Gasteiger partial charge in [-0.25, -0.2) is 9.18 Å². The third kappa shape index (κ3) is 7.64. The average molecular weight is 489 g/mol. The van der Waals surface area contributed by atoms with E-state index in [0.29, 0.717) is 36.8 Å². The summed E-state index contributed by atoms with van der Waals surface area (Å²) in [6, 6.07) is 21.3. The van der Waals surface area contributed by atoms with Crippen molar-refractivity contribution in [1.82, 2.24) is 4.90 Å². The third-order valence-electron chi connectivity index (χ3n) is 5.11. The van der Waals surface area contributed by atoms with Gasteiger partial charge < -0.3 is 24.8 Å². The van der Waals surface area contributed by atoms with Crippen molar-refractivity contribution in [3.63, 3.8) is 0 Å². The largest absolute Gasteiger partial charge is 0.493 e. The zero-order valence-electron chi connectivity index (χ0n) is 19.3. The molecule has 0 spiro atoms. The Balaban J connectivity index is 0.00000408. The van der Waals surface area contributed by atoms with E-state index < -0.39 is 12.2 Å². The van der Waals surface area contributed by atoms with Gasteiger partial charge >= 0.3 is 6.09 Å². The van der Waals surface area contributed by atoms with E-state index in [2.05, 4.69) is 0 Å². The lowest BCUT2D eigenvalue weighted by Crippen LogP contribution is -2.35. The van der Waals surface area contributed by atoms with Gasteiger partial charge in [-0.1, -0.05) is 48.5 Å². The second kappa shape index (κ2) is 13.4. The summed E-state index contributed by atoms with van der Waals surface area (Å²) >= 11 is 0. The Hall–Kier alpha value is -3.29. The van der Waals surface area contributed by atoms with Crippen LogP contribution in [0.25, 0.3) is 0 Å². The molecule has 1 unspecified atom stereocenters. The van der Waals surface area contributed by atoms with Gasteiger partial charge in [0.2, 0.25) is 0 Å². The predicted molar refractivity (Wildman–Crippen MR) is 132 cm³/mol. The highest BCUT2D eigenvalue weighted by Crippen LogP contribution is 2.29. The summed E-state index contributed by atoms with van der Waals surface area (Å²) in [5.74, 6) is 0.847. The second-order valence-corrected chi connectivity index (χ2v) is 7.55. The molecule has 2 N–H and O–H groups in total. The maximum Gasteiger partial charge on any atom is 0.410 e. The Morgan fingerprint density at radius 3 is 2.35 bits per heavy atom. The van der Waals surface area contributed by atoms with E-state index >= 15 is 0 Å². The number of methoxy groups -OCH3 is 1. The lowest BCUT2D eigenvalue weighted by molar-refractivity contribution is 0.0682. The van der Waals surface area contributed by atoms with Gasteiger partial charge in [-0.3, -0.25) is 0 Å². The molecular formula is C26H30ClFN2O4. The average Bonchev–Trinajstić information content (AvgIpc) is 2.83. The molecule has 34 heavy (non-hydrogen) atoms. The summed E-state index contributed by atoms with van der Waals surface area (Å²) in [5, 5.41) is 0. The number of rotatable bonds is 10. The maximum atomic E-state index is 13.2. The molecule has 1 amide bonds. The van der Waals surface area contributed by atoms with E-state index in [1.807, 2.05) is 48.5 Å². The first-order chi connectivity index (χ1) is 16.0.